The van der Waals surface area contributed by atoms with Gasteiger partial charge in [-0.05, 0) is 13.8 Å². The third kappa shape index (κ3) is 3.40. The average Bonchev–Trinajstić information content (AvgIpc) is 1.53. The molecule has 0 atom stereocenters. The average molecular weight is 117 g/mol. The highest BCUT2D eigenvalue weighted by molar-refractivity contribution is 5.82. The van der Waals surface area contributed by atoms with E-state index in [0.29, 0.717) is 5.57 Å². The number of hydrogen-bond donors (Lipinski definition) is 0. The summed E-state index contributed by atoms with van der Waals surface area (Å²) >= 11 is 0. The summed E-state index contributed by atoms with van der Waals surface area (Å²) in [5.41, 5.74) is 0.708. The first kappa shape index (κ1) is 3.28. The highest BCUT2D eigenvalue weighted by Crippen LogP contribution is 1.88. The van der Waals surface area contributed by atoms with Crippen LogP contribution < -0.4 is 0 Å². The number of carbonyl (C=O) groups excluding carboxylic acids is 1. The van der Waals surface area contributed by atoms with E-state index in [-0.39, 0.29) is 0 Å². The van der Waals surface area contributed by atoms with Gasteiger partial charge in [-0.3, -0.25) is 0 Å². The van der Waals surface area contributed by atoms with E-state index in [0.717, 1.165) is 6.08 Å². The summed E-state index contributed by atoms with van der Waals surface area (Å²) in [6, 6.07) is 0. The summed E-state index contributed by atoms with van der Waals surface area (Å²) in [4.78, 5) is 10.6. The molecule has 0 unspecified atom stereocenters. The smallest absolute Gasteiger partial charge is 0.330 e. The number of rotatable bonds is 1. The molecule has 0 radical (unpaired) electrons. The first-order valence-electron chi connectivity index (χ1n) is 3.69. The second-order valence-corrected chi connectivity index (χ2v) is 1.64. The van der Waals surface area contributed by atoms with E-state index < -0.39 is 13.0 Å². The van der Waals surface area contributed by atoms with Gasteiger partial charge in [0.1, 0.15) is 0 Å². The van der Waals surface area contributed by atoms with E-state index in [1.807, 2.05) is 0 Å². The molecule has 0 bridgehead atoms. The number of esters is 1. The molecular weight excluding hydrogens is 104 g/mol. The van der Waals surface area contributed by atoms with Crippen LogP contribution in [0.15, 0.2) is 11.6 Å². The van der Waals surface area contributed by atoms with Gasteiger partial charge in [0.2, 0.25) is 0 Å². The molecule has 0 N–H and O–H groups in total. The van der Waals surface area contributed by atoms with Crippen LogP contribution in [0.2, 0.25) is 0 Å². The van der Waals surface area contributed by atoms with Crippen molar-refractivity contribution < 1.29 is 13.6 Å². The molecule has 0 fully saturated rings. The maximum absolute atomic E-state index is 10.6. The Bertz CT molecular complexity index is 177. The molecule has 2 heteroatoms. The number of hydrogen-bond acceptors (Lipinski definition) is 2. The Morgan fingerprint density at radius 3 is 2.75 bits per heavy atom. The van der Waals surface area contributed by atoms with Crippen LogP contribution in [0.1, 0.15) is 18.0 Å². The van der Waals surface area contributed by atoms with Gasteiger partial charge < -0.3 is 4.74 Å². The Labute approximate surface area is 53.4 Å². The minimum absolute atomic E-state index is 0.708. The minimum Gasteiger partial charge on any atom is -0.466 e. The topological polar surface area (TPSA) is 26.3 Å². The van der Waals surface area contributed by atoms with E-state index in [4.69, 9.17) is 4.11 Å². The van der Waals surface area contributed by atoms with Crippen molar-refractivity contribution in [2.45, 2.75) is 13.8 Å². The van der Waals surface area contributed by atoms with E-state index in [1.54, 1.807) is 13.8 Å². The summed E-state index contributed by atoms with van der Waals surface area (Å²) < 4.78 is 23.7. The fraction of sp³-hybridized carbons (Fsp3) is 0.500. The Hall–Kier alpha value is -0.790. The minimum atomic E-state index is -2.64. The standard InChI is InChI=1S/C6H10O2/c1-5(2)4-6(7)8-3/h4H,1-3H3/i3D3. The summed E-state index contributed by atoms with van der Waals surface area (Å²) in [6.07, 6.45) is 1.13. The summed E-state index contributed by atoms with van der Waals surface area (Å²) in [5, 5.41) is 0. The van der Waals surface area contributed by atoms with E-state index in [1.165, 1.54) is 0 Å². The van der Waals surface area contributed by atoms with Crippen molar-refractivity contribution in [3.05, 3.63) is 11.6 Å². The maximum atomic E-state index is 10.6. The van der Waals surface area contributed by atoms with Crippen molar-refractivity contribution in [1.82, 2.24) is 0 Å². The van der Waals surface area contributed by atoms with Crippen LogP contribution in [0.5, 0.6) is 0 Å². The lowest BCUT2D eigenvalue weighted by Crippen LogP contribution is -1.94. The summed E-state index contributed by atoms with van der Waals surface area (Å²) in [5.74, 6) is -0.829. The van der Waals surface area contributed by atoms with Gasteiger partial charge in [0, 0.05) is 6.08 Å². The van der Waals surface area contributed by atoms with Gasteiger partial charge in [0.15, 0.2) is 0 Å². The van der Waals surface area contributed by atoms with Crippen molar-refractivity contribution >= 4 is 5.97 Å². The molecule has 0 aromatic heterocycles. The summed E-state index contributed by atoms with van der Waals surface area (Å²) in [7, 11) is -2.64. The van der Waals surface area contributed by atoms with Crippen LogP contribution in [0.3, 0.4) is 0 Å². The molecular formula is C6H10O2. The lowest BCUT2D eigenvalue weighted by Gasteiger charge is -1.89. The highest BCUT2D eigenvalue weighted by atomic mass is 16.5. The zero-order chi connectivity index (χ0) is 9.07. The van der Waals surface area contributed by atoms with Gasteiger partial charge in [0.25, 0.3) is 0 Å². The fourth-order valence-electron chi connectivity index (χ4n) is 0.265. The first-order chi connectivity index (χ1) is 4.81. The predicted octanol–water partition coefficient (Wildman–Crippen LogP) is 1.13. The van der Waals surface area contributed by atoms with Crippen LogP contribution in [-0.4, -0.2) is 13.0 Å². The van der Waals surface area contributed by atoms with E-state index in [2.05, 4.69) is 4.74 Å². The predicted molar refractivity (Wildman–Crippen MR) is 31.4 cm³/mol. The van der Waals surface area contributed by atoms with E-state index >= 15 is 0 Å². The monoisotopic (exact) mass is 117 g/mol. The zero-order valence-corrected chi connectivity index (χ0v) is 4.89. The van der Waals surface area contributed by atoms with E-state index in [9.17, 15) is 4.79 Å². The maximum Gasteiger partial charge on any atom is 0.330 e. The van der Waals surface area contributed by atoms with Gasteiger partial charge >= 0.3 is 5.97 Å². The van der Waals surface area contributed by atoms with Crippen LogP contribution >= 0.6 is 0 Å². The van der Waals surface area contributed by atoms with Gasteiger partial charge in [-0.25, -0.2) is 4.79 Å². The number of methoxy groups -OCH3 is 1. The van der Waals surface area contributed by atoms with Crippen LogP contribution in [0.25, 0.3) is 0 Å². The third-order valence-corrected chi connectivity index (χ3v) is 0.507. The number of allylic oxidation sites excluding steroid dienone is 1. The molecule has 0 amide bonds. The SMILES string of the molecule is [2H]C([2H])([2H])OC(=O)C=C(C)C. The Balaban J connectivity index is 4.00. The molecule has 0 heterocycles. The summed E-state index contributed by atoms with van der Waals surface area (Å²) in [6.45, 7) is 3.36. The van der Waals surface area contributed by atoms with Gasteiger partial charge in [-0.2, -0.15) is 0 Å². The van der Waals surface area contributed by atoms with Crippen molar-refractivity contribution in [3.63, 3.8) is 0 Å². The molecule has 0 aliphatic heterocycles. The van der Waals surface area contributed by atoms with Crippen molar-refractivity contribution in [1.29, 1.82) is 0 Å². The van der Waals surface area contributed by atoms with Crippen molar-refractivity contribution in [2.75, 3.05) is 7.04 Å². The second-order valence-electron chi connectivity index (χ2n) is 1.64. The molecule has 0 aromatic rings. The Morgan fingerprint density at radius 1 is 1.75 bits per heavy atom. The van der Waals surface area contributed by atoms with Crippen molar-refractivity contribution in [2.24, 2.45) is 0 Å². The zero-order valence-electron chi connectivity index (χ0n) is 7.89. The van der Waals surface area contributed by atoms with Gasteiger partial charge in [-0.1, -0.05) is 5.57 Å². The third-order valence-electron chi connectivity index (χ3n) is 0.507. The first-order valence-corrected chi connectivity index (χ1v) is 2.19. The van der Waals surface area contributed by atoms with Gasteiger partial charge in [0.05, 0.1) is 11.2 Å². The molecule has 0 saturated carbocycles. The number of ether oxygens (including phenoxy) is 1. The molecule has 46 valence electrons. The largest absolute Gasteiger partial charge is 0.466 e. The van der Waals surface area contributed by atoms with Crippen LogP contribution in [0, 0.1) is 0 Å². The Kier molecular flexibility index (Phi) is 1.33. The molecule has 0 spiro atoms. The quantitative estimate of drug-likeness (QED) is 0.380. The molecule has 0 aromatic carbocycles. The molecule has 0 rings (SSSR count). The normalized spacial score (nSPS) is 15.0. The molecule has 8 heavy (non-hydrogen) atoms. The van der Waals surface area contributed by atoms with Crippen LogP contribution in [0.4, 0.5) is 0 Å². The lowest BCUT2D eigenvalue weighted by molar-refractivity contribution is -0.134. The molecule has 0 aliphatic carbocycles. The van der Waals surface area contributed by atoms with Gasteiger partial charge in [-0.15, -0.1) is 0 Å². The highest BCUT2D eigenvalue weighted by Gasteiger charge is 1.89. The fourth-order valence-corrected chi connectivity index (χ4v) is 0.265. The molecule has 0 saturated heterocycles. The second kappa shape index (κ2) is 3.24. The molecule has 2 nitrogen and oxygen atoms in total. The van der Waals surface area contributed by atoms with Crippen molar-refractivity contribution in [3.8, 4) is 0 Å². The number of carbonyl (C=O) groups is 1. The molecule has 0 aliphatic rings. The van der Waals surface area contributed by atoms with Crippen LogP contribution in [-0.2, 0) is 9.53 Å². The lowest BCUT2D eigenvalue weighted by atomic mass is 10.3. The Morgan fingerprint density at radius 2 is 2.38 bits per heavy atom.